The zero-order valence-electron chi connectivity index (χ0n) is 16.4. The summed E-state index contributed by atoms with van der Waals surface area (Å²) in [6, 6.07) is 6.04. The maximum Gasteiger partial charge on any atom is 0.309 e. The molecule has 3 rings (SSSR count). The maximum absolute atomic E-state index is 12.9. The minimum atomic E-state index is -0.309. The van der Waals surface area contributed by atoms with Crippen LogP contribution in [0.1, 0.15) is 37.3 Å². The molecule has 1 unspecified atom stereocenters. The average Bonchev–Trinajstić information content (AvgIpc) is 3.05. The van der Waals surface area contributed by atoms with Crippen molar-refractivity contribution < 1.29 is 19.1 Å². The normalized spacial score (nSPS) is 20.9. The number of carbonyl (C=O) groups is 3. The topological polar surface area (TPSA) is 66.9 Å². The van der Waals surface area contributed by atoms with Crippen LogP contribution in [-0.2, 0) is 19.1 Å². The minimum absolute atomic E-state index is 0.00320. The van der Waals surface area contributed by atoms with Gasteiger partial charge in [0, 0.05) is 31.7 Å². The quantitative estimate of drug-likeness (QED) is 0.762. The molecule has 6 heteroatoms. The lowest BCUT2D eigenvalue weighted by molar-refractivity contribution is -0.151. The summed E-state index contributed by atoms with van der Waals surface area (Å²) < 4.78 is 5.08. The zero-order valence-corrected chi connectivity index (χ0v) is 16.4. The predicted octanol–water partition coefficient (Wildman–Crippen LogP) is 2.46. The fourth-order valence-corrected chi connectivity index (χ4v) is 3.97. The van der Waals surface area contributed by atoms with Gasteiger partial charge < -0.3 is 14.5 Å². The summed E-state index contributed by atoms with van der Waals surface area (Å²) >= 11 is 0. The molecule has 2 saturated heterocycles. The van der Waals surface area contributed by atoms with Gasteiger partial charge in [-0.15, -0.1) is 0 Å². The van der Waals surface area contributed by atoms with Crippen LogP contribution in [0.15, 0.2) is 18.2 Å². The number of likely N-dealkylation sites (tertiary alicyclic amines) is 1. The van der Waals surface area contributed by atoms with Crippen LogP contribution < -0.4 is 4.90 Å². The number of rotatable bonds is 4. The number of carbonyl (C=O) groups excluding carboxylic acids is 3. The van der Waals surface area contributed by atoms with E-state index in [4.69, 9.17) is 4.74 Å². The van der Waals surface area contributed by atoms with Crippen molar-refractivity contribution in [2.24, 2.45) is 11.8 Å². The molecule has 27 heavy (non-hydrogen) atoms. The van der Waals surface area contributed by atoms with Crippen LogP contribution in [0.2, 0.25) is 0 Å². The number of hydrogen-bond acceptors (Lipinski definition) is 4. The van der Waals surface area contributed by atoms with E-state index in [1.165, 1.54) is 0 Å². The molecule has 0 spiro atoms. The van der Waals surface area contributed by atoms with Crippen LogP contribution >= 0.6 is 0 Å². The molecule has 0 aliphatic carbocycles. The third-order valence-corrected chi connectivity index (χ3v) is 5.56. The Morgan fingerprint density at radius 2 is 1.85 bits per heavy atom. The Hall–Kier alpha value is -2.37. The van der Waals surface area contributed by atoms with Crippen molar-refractivity contribution in [1.82, 2.24) is 4.90 Å². The van der Waals surface area contributed by atoms with Gasteiger partial charge in [0.25, 0.3) is 0 Å². The smallest absolute Gasteiger partial charge is 0.309 e. The number of benzene rings is 1. The van der Waals surface area contributed by atoms with Crippen LogP contribution in [0.5, 0.6) is 0 Å². The van der Waals surface area contributed by atoms with Crippen molar-refractivity contribution in [2.75, 3.05) is 31.1 Å². The fraction of sp³-hybridized carbons (Fsp3) is 0.571. The molecule has 2 aliphatic rings. The van der Waals surface area contributed by atoms with Gasteiger partial charge in [-0.25, -0.2) is 0 Å². The Morgan fingerprint density at radius 1 is 1.15 bits per heavy atom. The Balaban J connectivity index is 1.61. The van der Waals surface area contributed by atoms with E-state index in [1.807, 2.05) is 32.0 Å². The van der Waals surface area contributed by atoms with Gasteiger partial charge in [0.1, 0.15) is 0 Å². The van der Waals surface area contributed by atoms with E-state index in [-0.39, 0.29) is 36.0 Å². The highest BCUT2D eigenvalue weighted by Crippen LogP contribution is 2.30. The summed E-state index contributed by atoms with van der Waals surface area (Å²) in [6.07, 6.45) is 1.52. The van der Waals surface area contributed by atoms with E-state index >= 15 is 0 Å². The summed E-state index contributed by atoms with van der Waals surface area (Å²) in [7, 11) is 0. The van der Waals surface area contributed by atoms with Gasteiger partial charge in [-0.1, -0.05) is 12.1 Å². The van der Waals surface area contributed by atoms with Crippen molar-refractivity contribution >= 4 is 23.5 Å². The van der Waals surface area contributed by atoms with E-state index in [9.17, 15) is 14.4 Å². The molecule has 0 bridgehead atoms. The highest BCUT2D eigenvalue weighted by atomic mass is 16.5. The fourth-order valence-electron chi connectivity index (χ4n) is 3.97. The molecule has 1 aromatic rings. The van der Waals surface area contributed by atoms with E-state index in [1.54, 1.807) is 16.7 Å². The maximum atomic E-state index is 12.9. The van der Waals surface area contributed by atoms with Crippen LogP contribution in [0, 0.1) is 25.7 Å². The molecule has 0 N–H and O–H groups in total. The molecule has 0 saturated carbocycles. The molecule has 2 fully saturated rings. The number of piperidine rings is 1. The molecular formula is C21H28N2O4. The van der Waals surface area contributed by atoms with Crippen LogP contribution in [-0.4, -0.2) is 48.9 Å². The molecule has 2 heterocycles. The Kier molecular flexibility index (Phi) is 5.82. The van der Waals surface area contributed by atoms with Gasteiger partial charge in [0.2, 0.25) is 11.8 Å². The summed E-state index contributed by atoms with van der Waals surface area (Å²) in [4.78, 5) is 40.9. The molecule has 0 radical (unpaired) electrons. The Bertz CT molecular complexity index is 738. The standard InChI is InChI=1S/C21H28N2O4/c1-4-27-21(26)16-7-9-22(10-8-16)20(25)17-12-19(24)23(13-17)18-11-14(2)5-6-15(18)3/h5-6,11,16-17H,4,7-10,12-13H2,1-3H3. The Labute approximate surface area is 160 Å². The van der Waals surface area contributed by atoms with Crippen molar-refractivity contribution in [3.63, 3.8) is 0 Å². The lowest BCUT2D eigenvalue weighted by atomic mass is 9.95. The molecule has 6 nitrogen and oxygen atoms in total. The van der Waals surface area contributed by atoms with Gasteiger partial charge in [-0.2, -0.15) is 0 Å². The van der Waals surface area contributed by atoms with Gasteiger partial charge in [0.05, 0.1) is 18.4 Å². The lowest BCUT2D eigenvalue weighted by Gasteiger charge is -2.32. The van der Waals surface area contributed by atoms with Gasteiger partial charge in [0.15, 0.2) is 0 Å². The molecule has 1 atom stereocenters. The monoisotopic (exact) mass is 372 g/mol. The number of anilines is 1. The minimum Gasteiger partial charge on any atom is -0.466 e. The molecule has 2 amide bonds. The van der Waals surface area contributed by atoms with Crippen LogP contribution in [0.4, 0.5) is 5.69 Å². The zero-order chi connectivity index (χ0) is 19.6. The second-order valence-electron chi connectivity index (χ2n) is 7.55. The Morgan fingerprint density at radius 3 is 2.52 bits per heavy atom. The predicted molar refractivity (Wildman–Crippen MR) is 102 cm³/mol. The third-order valence-electron chi connectivity index (χ3n) is 5.56. The molecule has 2 aliphatic heterocycles. The second-order valence-corrected chi connectivity index (χ2v) is 7.55. The third kappa shape index (κ3) is 4.15. The summed E-state index contributed by atoms with van der Waals surface area (Å²) in [5.41, 5.74) is 3.04. The summed E-state index contributed by atoms with van der Waals surface area (Å²) in [6.45, 7) is 7.70. The summed E-state index contributed by atoms with van der Waals surface area (Å²) in [5, 5.41) is 0. The van der Waals surface area contributed by atoms with E-state index in [0.29, 0.717) is 39.1 Å². The first-order chi connectivity index (χ1) is 12.9. The molecule has 146 valence electrons. The molecular weight excluding hydrogens is 344 g/mol. The van der Waals surface area contributed by atoms with Crippen molar-refractivity contribution in [2.45, 2.75) is 40.0 Å². The number of hydrogen-bond donors (Lipinski definition) is 0. The molecule has 1 aromatic carbocycles. The van der Waals surface area contributed by atoms with Gasteiger partial charge in [-0.05, 0) is 50.8 Å². The highest BCUT2D eigenvalue weighted by Gasteiger charge is 2.39. The number of ether oxygens (including phenoxy) is 1. The first-order valence-corrected chi connectivity index (χ1v) is 9.73. The number of aryl methyl sites for hydroxylation is 2. The van der Waals surface area contributed by atoms with E-state index in [0.717, 1.165) is 16.8 Å². The van der Waals surface area contributed by atoms with E-state index < -0.39 is 0 Å². The largest absolute Gasteiger partial charge is 0.466 e. The van der Waals surface area contributed by atoms with Crippen LogP contribution in [0.25, 0.3) is 0 Å². The first kappa shape index (κ1) is 19.4. The number of esters is 1. The molecule has 0 aromatic heterocycles. The lowest BCUT2D eigenvalue weighted by Crippen LogP contribution is -2.44. The van der Waals surface area contributed by atoms with Crippen molar-refractivity contribution in [3.05, 3.63) is 29.3 Å². The highest BCUT2D eigenvalue weighted by molar-refractivity contribution is 6.00. The van der Waals surface area contributed by atoms with Crippen LogP contribution in [0.3, 0.4) is 0 Å². The second kappa shape index (κ2) is 8.11. The van der Waals surface area contributed by atoms with Crippen molar-refractivity contribution in [3.8, 4) is 0 Å². The SMILES string of the molecule is CCOC(=O)C1CCN(C(=O)C2CC(=O)N(c3cc(C)ccc3C)C2)CC1. The van der Waals surface area contributed by atoms with Crippen molar-refractivity contribution in [1.29, 1.82) is 0 Å². The average molecular weight is 372 g/mol. The van der Waals surface area contributed by atoms with E-state index in [2.05, 4.69) is 0 Å². The number of nitrogens with zero attached hydrogens (tertiary/aromatic N) is 2. The van der Waals surface area contributed by atoms with Gasteiger partial charge >= 0.3 is 5.97 Å². The van der Waals surface area contributed by atoms with Gasteiger partial charge in [-0.3, -0.25) is 14.4 Å². The number of amides is 2. The summed E-state index contributed by atoms with van der Waals surface area (Å²) in [5.74, 6) is -0.564. The first-order valence-electron chi connectivity index (χ1n) is 9.73.